The third kappa shape index (κ3) is 2.57. The highest BCUT2D eigenvalue weighted by Crippen LogP contribution is 2.35. The van der Waals surface area contributed by atoms with E-state index >= 15 is 0 Å². The lowest BCUT2D eigenvalue weighted by molar-refractivity contribution is -0.155. The van der Waals surface area contributed by atoms with Crippen molar-refractivity contribution >= 4 is 17.5 Å². The number of Topliss-reactive ketones (excluding diaryl/α,β-unsaturated/α-hetero) is 2. The van der Waals surface area contributed by atoms with Gasteiger partial charge in [-0.1, -0.05) is 19.8 Å². The molecule has 7 nitrogen and oxygen atoms in total. The molecule has 7 heteroatoms. The molecule has 0 aromatic rings. The highest BCUT2D eigenvalue weighted by atomic mass is 16.4. The van der Waals surface area contributed by atoms with Crippen LogP contribution in [0.3, 0.4) is 0 Å². The van der Waals surface area contributed by atoms with Crippen LogP contribution in [-0.2, 0) is 14.4 Å². The predicted molar refractivity (Wildman–Crippen MR) is 80.4 cm³/mol. The van der Waals surface area contributed by atoms with Crippen molar-refractivity contribution in [3.8, 4) is 0 Å². The Bertz CT molecular complexity index is 493. The highest BCUT2D eigenvalue weighted by Gasteiger charge is 2.59. The van der Waals surface area contributed by atoms with Crippen molar-refractivity contribution in [1.29, 1.82) is 0 Å². The van der Waals surface area contributed by atoms with Crippen molar-refractivity contribution in [2.75, 3.05) is 27.2 Å². The van der Waals surface area contributed by atoms with E-state index in [0.29, 0.717) is 6.54 Å². The van der Waals surface area contributed by atoms with Crippen molar-refractivity contribution in [3.63, 3.8) is 0 Å². The van der Waals surface area contributed by atoms with Crippen LogP contribution in [0.15, 0.2) is 0 Å². The van der Waals surface area contributed by atoms with Gasteiger partial charge in [0.2, 0.25) is 11.6 Å². The molecule has 0 radical (unpaired) electrons. The zero-order valence-electron chi connectivity index (χ0n) is 13.4. The van der Waals surface area contributed by atoms with E-state index in [4.69, 9.17) is 5.73 Å². The Morgan fingerprint density at radius 2 is 2.05 bits per heavy atom. The first-order valence-corrected chi connectivity index (χ1v) is 7.74. The molecule has 4 unspecified atom stereocenters. The Morgan fingerprint density at radius 3 is 2.55 bits per heavy atom. The molecule has 0 aromatic heterocycles. The molecule has 0 aromatic carbocycles. The molecule has 2 fully saturated rings. The largest absolute Gasteiger partial charge is 0.480 e. The maximum absolute atomic E-state index is 12.0. The number of unbranched alkanes of at least 4 members (excludes halogenated alkanes) is 1. The quantitative estimate of drug-likeness (QED) is 0.628. The van der Waals surface area contributed by atoms with Crippen LogP contribution in [0.2, 0.25) is 0 Å². The maximum Gasteiger partial charge on any atom is 0.325 e. The van der Waals surface area contributed by atoms with Gasteiger partial charge in [-0.3, -0.25) is 24.2 Å². The lowest BCUT2D eigenvalue weighted by Gasteiger charge is -2.42. The smallest absolute Gasteiger partial charge is 0.325 e. The first kappa shape index (κ1) is 17.1. The van der Waals surface area contributed by atoms with Gasteiger partial charge in [-0.2, -0.15) is 0 Å². The molecule has 1 heterocycles. The monoisotopic (exact) mass is 311 g/mol. The van der Waals surface area contributed by atoms with E-state index in [2.05, 4.69) is 0 Å². The summed E-state index contributed by atoms with van der Waals surface area (Å²) >= 11 is 0. The molecule has 1 saturated heterocycles. The van der Waals surface area contributed by atoms with E-state index < -0.39 is 35.2 Å². The molecule has 2 rings (SSSR count). The predicted octanol–water partition coefficient (Wildman–Crippen LogP) is -0.659. The molecule has 4 atom stereocenters. The van der Waals surface area contributed by atoms with Gasteiger partial charge >= 0.3 is 5.97 Å². The number of carbonyl (C=O) groups excluding carboxylic acids is 2. The van der Waals surface area contributed by atoms with E-state index in [1.165, 1.54) is 0 Å². The van der Waals surface area contributed by atoms with Gasteiger partial charge < -0.3 is 10.8 Å². The molecular formula is C15H25N3O4. The third-order valence-corrected chi connectivity index (χ3v) is 4.98. The molecule has 0 amide bonds. The van der Waals surface area contributed by atoms with E-state index in [1.54, 1.807) is 23.9 Å². The summed E-state index contributed by atoms with van der Waals surface area (Å²) in [5.41, 5.74) is 4.80. The van der Waals surface area contributed by atoms with Gasteiger partial charge in [0.15, 0.2) is 0 Å². The number of likely N-dealkylation sites (N-methyl/N-ethyl adjacent to an activating group) is 1. The van der Waals surface area contributed by atoms with Gasteiger partial charge in [0.25, 0.3) is 0 Å². The number of hydrogen-bond donors (Lipinski definition) is 2. The molecule has 1 aliphatic heterocycles. The van der Waals surface area contributed by atoms with Crippen LogP contribution in [0.1, 0.15) is 26.2 Å². The minimum Gasteiger partial charge on any atom is -0.480 e. The van der Waals surface area contributed by atoms with Crippen LogP contribution in [0.5, 0.6) is 0 Å². The Balaban J connectivity index is 2.18. The zero-order chi connectivity index (χ0) is 16.7. The summed E-state index contributed by atoms with van der Waals surface area (Å²) in [5, 5.41) is 9.51. The number of carboxylic acid groups (broad SMARTS) is 1. The van der Waals surface area contributed by atoms with Gasteiger partial charge in [0, 0.05) is 19.0 Å². The van der Waals surface area contributed by atoms with E-state index in [0.717, 1.165) is 19.3 Å². The van der Waals surface area contributed by atoms with E-state index in [9.17, 15) is 19.5 Å². The Kier molecular flexibility index (Phi) is 4.70. The normalized spacial score (nSPS) is 36.0. The molecule has 124 valence electrons. The summed E-state index contributed by atoms with van der Waals surface area (Å²) in [4.78, 5) is 38.8. The fourth-order valence-electron chi connectivity index (χ4n) is 3.59. The van der Waals surface area contributed by atoms with E-state index in [1.807, 2.05) is 6.92 Å². The summed E-state index contributed by atoms with van der Waals surface area (Å²) in [6.45, 7) is 2.61. The van der Waals surface area contributed by atoms with Gasteiger partial charge in [-0.25, -0.2) is 0 Å². The third-order valence-electron chi connectivity index (χ3n) is 4.98. The molecule has 2 aliphatic rings. The number of hydrogen-bond acceptors (Lipinski definition) is 6. The Labute approximate surface area is 130 Å². The van der Waals surface area contributed by atoms with Crippen LogP contribution in [0.25, 0.3) is 0 Å². The summed E-state index contributed by atoms with van der Waals surface area (Å²) in [6, 6.07) is -1.05. The fraction of sp³-hybridized carbons (Fsp3) is 0.800. The number of carbonyl (C=O) groups is 3. The van der Waals surface area contributed by atoms with Crippen LogP contribution in [0.4, 0.5) is 0 Å². The van der Waals surface area contributed by atoms with Gasteiger partial charge in [-0.05, 0) is 20.5 Å². The van der Waals surface area contributed by atoms with E-state index in [-0.39, 0.29) is 12.5 Å². The first-order chi connectivity index (χ1) is 10.2. The summed E-state index contributed by atoms with van der Waals surface area (Å²) in [6.07, 6.45) is 2.59. The van der Waals surface area contributed by atoms with Crippen LogP contribution in [0, 0.1) is 5.92 Å². The minimum absolute atomic E-state index is 0.116. The molecule has 1 aliphatic carbocycles. The maximum atomic E-state index is 12.0. The number of nitrogens with zero attached hydrogens (tertiary/aromatic N) is 2. The summed E-state index contributed by atoms with van der Waals surface area (Å²) in [5.74, 6) is -2.06. The number of nitrogens with two attached hydrogens (primary N) is 1. The van der Waals surface area contributed by atoms with Crippen LogP contribution in [-0.4, -0.2) is 77.2 Å². The lowest BCUT2D eigenvalue weighted by Crippen LogP contribution is -2.70. The van der Waals surface area contributed by atoms with Crippen molar-refractivity contribution in [1.82, 2.24) is 9.80 Å². The Hall–Kier alpha value is -1.31. The molecule has 3 N–H and O–H groups in total. The standard InChI is InChI=1S/C15H25N3O4/c1-4-5-6-9-7-18(8-15(9,16)14(21)22)11-10(17(2)3)12(19)13(11)20/h9-11H,4-8,16H2,1-3H3,(H,21,22). The van der Waals surface area contributed by atoms with Crippen LogP contribution >= 0.6 is 0 Å². The zero-order valence-corrected chi connectivity index (χ0v) is 13.4. The highest BCUT2D eigenvalue weighted by molar-refractivity contribution is 6.49. The average Bonchev–Trinajstić information content (AvgIpc) is 2.78. The van der Waals surface area contributed by atoms with Crippen molar-refractivity contribution in [3.05, 3.63) is 0 Å². The Morgan fingerprint density at radius 1 is 1.41 bits per heavy atom. The number of ketones is 2. The number of likely N-dealkylation sites (tertiary alicyclic amines) is 1. The number of carboxylic acids is 1. The number of aliphatic carboxylic acids is 1. The van der Waals surface area contributed by atoms with Gasteiger partial charge in [-0.15, -0.1) is 0 Å². The second-order valence-electron chi connectivity index (χ2n) is 6.70. The van der Waals surface area contributed by atoms with Gasteiger partial charge in [0.1, 0.15) is 11.6 Å². The molecular weight excluding hydrogens is 286 g/mol. The number of rotatable bonds is 6. The van der Waals surface area contributed by atoms with Gasteiger partial charge in [0.05, 0.1) is 6.04 Å². The fourth-order valence-corrected chi connectivity index (χ4v) is 3.59. The topological polar surface area (TPSA) is 104 Å². The second-order valence-corrected chi connectivity index (χ2v) is 6.70. The molecule has 1 saturated carbocycles. The second kappa shape index (κ2) is 6.06. The molecule has 0 spiro atoms. The summed E-state index contributed by atoms with van der Waals surface area (Å²) < 4.78 is 0. The summed E-state index contributed by atoms with van der Waals surface area (Å²) in [7, 11) is 3.50. The molecule has 22 heavy (non-hydrogen) atoms. The minimum atomic E-state index is -1.34. The average molecular weight is 311 g/mol. The SMILES string of the molecule is CCCCC1CN(C2C(=O)C(=O)C2N(C)C)CC1(N)C(=O)O. The molecule has 0 bridgehead atoms. The van der Waals surface area contributed by atoms with Crippen LogP contribution < -0.4 is 5.73 Å². The van der Waals surface area contributed by atoms with Crippen molar-refractivity contribution in [2.24, 2.45) is 11.7 Å². The first-order valence-electron chi connectivity index (χ1n) is 7.74. The lowest BCUT2D eigenvalue weighted by atomic mass is 9.81. The van der Waals surface area contributed by atoms with Crippen molar-refractivity contribution < 1.29 is 19.5 Å². The van der Waals surface area contributed by atoms with Crippen molar-refractivity contribution in [2.45, 2.75) is 43.8 Å².